The van der Waals surface area contributed by atoms with Crippen molar-refractivity contribution < 1.29 is 19.5 Å². The van der Waals surface area contributed by atoms with E-state index in [1.807, 2.05) is 0 Å². The highest BCUT2D eigenvalue weighted by Gasteiger charge is 2.18. The van der Waals surface area contributed by atoms with Crippen molar-refractivity contribution in [2.45, 2.75) is 13.5 Å². The standard InChI is InChI=1S/C10H12N3O3/c1-2-16-9(14)7-12-10-8(6-11-12)4-3-5-13(10)15/h3-6,15H,2,7H2,1H3/q+1. The Morgan fingerprint density at radius 3 is 3.25 bits per heavy atom. The molecule has 0 aliphatic rings. The largest absolute Gasteiger partial charge is 0.463 e. The summed E-state index contributed by atoms with van der Waals surface area (Å²) in [6.07, 6.45) is 3.06. The second-order valence-electron chi connectivity index (χ2n) is 3.24. The van der Waals surface area contributed by atoms with Crippen molar-refractivity contribution in [1.82, 2.24) is 9.78 Å². The quantitative estimate of drug-likeness (QED) is 0.455. The van der Waals surface area contributed by atoms with Gasteiger partial charge in [-0.15, -0.1) is 4.68 Å². The monoisotopic (exact) mass is 222 g/mol. The molecule has 0 saturated carbocycles. The normalized spacial score (nSPS) is 10.6. The highest BCUT2D eigenvalue weighted by atomic mass is 16.5. The molecule has 16 heavy (non-hydrogen) atoms. The van der Waals surface area contributed by atoms with Gasteiger partial charge in [0, 0.05) is 0 Å². The van der Waals surface area contributed by atoms with Crippen LogP contribution in [0.2, 0.25) is 0 Å². The van der Waals surface area contributed by atoms with Crippen molar-refractivity contribution in [2.75, 3.05) is 6.61 Å². The van der Waals surface area contributed by atoms with Crippen LogP contribution in [0.1, 0.15) is 6.92 Å². The van der Waals surface area contributed by atoms with E-state index >= 15 is 0 Å². The van der Waals surface area contributed by atoms with Crippen molar-refractivity contribution in [3.05, 3.63) is 24.5 Å². The molecular formula is C10H12N3O3+. The minimum Gasteiger partial charge on any atom is -0.463 e. The topological polar surface area (TPSA) is 68.2 Å². The molecule has 2 aromatic heterocycles. The molecule has 0 atom stereocenters. The Kier molecular flexibility index (Phi) is 2.72. The van der Waals surface area contributed by atoms with E-state index in [0.29, 0.717) is 12.3 Å². The third kappa shape index (κ3) is 1.81. The summed E-state index contributed by atoms with van der Waals surface area (Å²) in [5.74, 6) is -0.378. The SMILES string of the molecule is CCOC(=O)Cn1ncc2ccc[n+](O)c21. The van der Waals surface area contributed by atoms with Crippen molar-refractivity contribution >= 4 is 17.0 Å². The fourth-order valence-corrected chi connectivity index (χ4v) is 1.50. The van der Waals surface area contributed by atoms with Crippen molar-refractivity contribution in [2.24, 2.45) is 0 Å². The predicted octanol–water partition coefficient (Wildman–Crippen LogP) is 0.124. The van der Waals surface area contributed by atoms with Gasteiger partial charge in [-0.05, 0) is 23.8 Å². The average molecular weight is 222 g/mol. The number of fused-ring (bicyclic) bond motifs is 1. The van der Waals surface area contributed by atoms with Gasteiger partial charge in [0.05, 0.1) is 18.2 Å². The maximum atomic E-state index is 11.3. The number of ether oxygens (including phenoxy) is 1. The smallest absolute Gasteiger partial charge is 0.350 e. The van der Waals surface area contributed by atoms with Crippen LogP contribution in [0.15, 0.2) is 24.5 Å². The lowest BCUT2D eigenvalue weighted by atomic mass is 10.4. The van der Waals surface area contributed by atoms with Gasteiger partial charge >= 0.3 is 11.6 Å². The van der Waals surface area contributed by atoms with Crippen molar-refractivity contribution in [3.8, 4) is 0 Å². The number of pyridine rings is 1. The maximum Gasteiger partial charge on any atom is 0.350 e. The summed E-state index contributed by atoms with van der Waals surface area (Å²) in [7, 11) is 0. The summed E-state index contributed by atoms with van der Waals surface area (Å²) >= 11 is 0. The number of esters is 1. The van der Waals surface area contributed by atoms with E-state index < -0.39 is 0 Å². The van der Waals surface area contributed by atoms with Crippen LogP contribution in [0.25, 0.3) is 11.0 Å². The lowest BCUT2D eigenvalue weighted by Gasteiger charge is -1.98. The van der Waals surface area contributed by atoms with Crippen molar-refractivity contribution in [3.63, 3.8) is 0 Å². The molecule has 6 nitrogen and oxygen atoms in total. The minimum atomic E-state index is -0.378. The Morgan fingerprint density at radius 1 is 1.69 bits per heavy atom. The molecule has 2 rings (SSSR count). The van der Waals surface area contributed by atoms with Crippen LogP contribution >= 0.6 is 0 Å². The molecule has 84 valence electrons. The Balaban J connectivity index is 2.34. The van der Waals surface area contributed by atoms with Crippen LogP contribution in [-0.2, 0) is 16.1 Å². The summed E-state index contributed by atoms with van der Waals surface area (Å²) < 4.78 is 7.14. The van der Waals surface area contributed by atoms with E-state index in [1.165, 1.54) is 10.9 Å². The number of nitrogens with zero attached hydrogens (tertiary/aromatic N) is 3. The maximum absolute atomic E-state index is 11.3. The number of aromatic nitrogens is 3. The van der Waals surface area contributed by atoms with E-state index in [0.717, 1.165) is 10.1 Å². The summed E-state index contributed by atoms with van der Waals surface area (Å²) in [6, 6.07) is 3.50. The number of rotatable bonds is 3. The Bertz CT molecular complexity index is 521. The zero-order chi connectivity index (χ0) is 11.5. The number of hydrogen-bond acceptors (Lipinski definition) is 4. The lowest BCUT2D eigenvalue weighted by Crippen LogP contribution is -2.33. The average Bonchev–Trinajstić information content (AvgIpc) is 2.63. The zero-order valence-corrected chi connectivity index (χ0v) is 8.83. The van der Waals surface area contributed by atoms with Crippen LogP contribution in [0, 0.1) is 0 Å². The molecule has 0 aliphatic carbocycles. The molecule has 0 unspecified atom stereocenters. The molecule has 0 saturated heterocycles. The number of hydrogen-bond donors (Lipinski definition) is 1. The van der Waals surface area contributed by atoms with Crippen LogP contribution in [0.4, 0.5) is 0 Å². The molecule has 2 aromatic rings. The summed E-state index contributed by atoms with van der Waals surface area (Å²) in [5.41, 5.74) is 0.468. The third-order valence-electron chi connectivity index (χ3n) is 2.14. The summed E-state index contributed by atoms with van der Waals surface area (Å²) in [6.45, 7) is 2.06. The Hall–Kier alpha value is -2.11. The van der Waals surface area contributed by atoms with Gasteiger partial charge in [0.25, 0.3) is 0 Å². The van der Waals surface area contributed by atoms with E-state index in [-0.39, 0.29) is 12.5 Å². The van der Waals surface area contributed by atoms with Gasteiger partial charge in [0.1, 0.15) is 6.20 Å². The second kappa shape index (κ2) is 4.18. The minimum absolute atomic E-state index is 0.0120. The first-order valence-electron chi connectivity index (χ1n) is 4.93. The Morgan fingerprint density at radius 2 is 2.50 bits per heavy atom. The van der Waals surface area contributed by atoms with E-state index in [9.17, 15) is 10.0 Å². The molecule has 0 amide bonds. The molecule has 0 aliphatic heterocycles. The van der Waals surface area contributed by atoms with Gasteiger partial charge in [-0.1, -0.05) is 5.10 Å². The van der Waals surface area contributed by atoms with E-state index in [2.05, 4.69) is 5.10 Å². The molecule has 1 N–H and O–H groups in total. The fourth-order valence-electron chi connectivity index (χ4n) is 1.50. The van der Waals surface area contributed by atoms with Gasteiger partial charge < -0.3 is 9.94 Å². The van der Waals surface area contributed by atoms with Gasteiger partial charge in [-0.25, -0.2) is 4.79 Å². The molecule has 0 fully saturated rings. The van der Waals surface area contributed by atoms with E-state index in [4.69, 9.17) is 4.74 Å². The first-order valence-corrected chi connectivity index (χ1v) is 4.93. The molecule has 6 heteroatoms. The molecular weight excluding hydrogens is 210 g/mol. The van der Waals surface area contributed by atoms with Crippen LogP contribution < -0.4 is 4.73 Å². The predicted molar refractivity (Wildman–Crippen MR) is 53.7 cm³/mol. The third-order valence-corrected chi connectivity index (χ3v) is 2.14. The first kappa shape index (κ1) is 10.4. The van der Waals surface area contributed by atoms with Gasteiger partial charge in [0.15, 0.2) is 0 Å². The first-order chi connectivity index (χ1) is 7.72. The molecule has 2 heterocycles. The second-order valence-corrected chi connectivity index (χ2v) is 3.24. The van der Waals surface area contributed by atoms with Gasteiger partial charge in [-0.2, -0.15) is 0 Å². The number of carbonyl (C=O) groups excluding carboxylic acids is 1. The zero-order valence-electron chi connectivity index (χ0n) is 8.83. The summed E-state index contributed by atoms with van der Waals surface area (Å²) in [4.78, 5) is 11.3. The van der Waals surface area contributed by atoms with Crippen LogP contribution in [0.5, 0.6) is 0 Å². The highest BCUT2D eigenvalue weighted by Crippen LogP contribution is 2.07. The molecule has 0 radical (unpaired) electrons. The Labute approximate surface area is 91.6 Å². The van der Waals surface area contributed by atoms with Crippen LogP contribution in [-0.4, -0.2) is 27.6 Å². The molecule has 0 aromatic carbocycles. The molecule has 0 spiro atoms. The van der Waals surface area contributed by atoms with Crippen LogP contribution in [0.3, 0.4) is 0 Å². The fraction of sp³-hybridized carbons (Fsp3) is 0.300. The van der Waals surface area contributed by atoms with E-state index in [1.54, 1.807) is 25.3 Å². The van der Waals surface area contributed by atoms with Gasteiger partial charge in [0.2, 0.25) is 6.54 Å². The molecule has 0 bridgehead atoms. The number of carbonyl (C=O) groups is 1. The summed E-state index contributed by atoms with van der Waals surface area (Å²) in [5, 5.41) is 14.4. The van der Waals surface area contributed by atoms with Crippen molar-refractivity contribution in [1.29, 1.82) is 0 Å². The highest BCUT2D eigenvalue weighted by molar-refractivity contribution is 5.74. The van der Waals surface area contributed by atoms with Gasteiger partial charge in [-0.3, -0.25) is 0 Å². The lowest BCUT2D eigenvalue weighted by molar-refractivity contribution is -0.886.